The average Bonchev–Trinajstić information content (AvgIpc) is 2.39. The Morgan fingerprint density at radius 3 is 2.82 bits per heavy atom. The van der Waals surface area contributed by atoms with Gasteiger partial charge in [0.05, 0.1) is 17.6 Å². The SMILES string of the molecule is CC(C)c1ncc(N2CC=CCC2)c(CN)n1. The fourth-order valence-corrected chi connectivity index (χ4v) is 1.98. The second kappa shape index (κ2) is 5.27. The molecule has 92 valence electrons. The lowest BCUT2D eigenvalue weighted by Crippen LogP contribution is -2.29. The topological polar surface area (TPSA) is 55.0 Å². The molecule has 0 radical (unpaired) electrons. The second-order valence-electron chi connectivity index (χ2n) is 4.63. The molecule has 1 aromatic heterocycles. The molecule has 0 aliphatic carbocycles. The smallest absolute Gasteiger partial charge is 0.131 e. The fourth-order valence-electron chi connectivity index (χ4n) is 1.98. The highest BCUT2D eigenvalue weighted by Gasteiger charge is 2.14. The van der Waals surface area contributed by atoms with E-state index in [0.717, 1.165) is 36.7 Å². The first-order valence-corrected chi connectivity index (χ1v) is 6.18. The Bertz CT molecular complexity index is 412. The van der Waals surface area contributed by atoms with Crippen molar-refractivity contribution in [1.29, 1.82) is 0 Å². The third-order valence-corrected chi connectivity index (χ3v) is 2.97. The molecule has 17 heavy (non-hydrogen) atoms. The molecular weight excluding hydrogens is 212 g/mol. The van der Waals surface area contributed by atoms with Crippen LogP contribution in [0.4, 0.5) is 5.69 Å². The lowest BCUT2D eigenvalue weighted by Gasteiger charge is -2.27. The van der Waals surface area contributed by atoms with E-state index in [1.165, 1.54) is 0 Å². The summed E-state index contributed by atoms with van der Waals surface area (Å²) in [5.74, 6) is 1.22. The number of hydrogen-bond donors (Lipinski definition) is 1. The molecule has 2 N–H and O–H groups in total. The van der Waals surface area contributed by atoms with Gasteiger partial charge in [0.1, 0.15) is 5.82 Å². The quantitative estimate of drug-likeness (QED) is 0.808. The van der Waals surface area contributed by atoms with Crippen molar-refractivity contribution in [3.8, 4) is 0 Å². The van der Waals surface area contributed by atoms with E-state index in [0.29, 0.717) is 12.5 Å². The van der Waals surface area contributed by atoms with Gasteiger partial charge in [-0.2, -0.15) is 0 Å². The summed E-state index contributed by atoms with van der Waals surface area (Å²) in [7, 11) is 0. The lowest BCUT2D eigenvalue weighted by molar-refractivity contribution is 0.739. The van der Waals surface area contributed by atoms with Crippen molar-refractivity contribution in [2.24, 2.45) is 5.73 Å². The summed E-state index contributed by atoms with van der Waals surface area (Å²) in [6.07, 6.45) is 7.39. The number of rotatable bonds is 3. The van der Waals surface area contributed by atoms with Gasteiger partial charge in [-0.25, -0.2) is 9.97 Å². The van der Waals surface area contributed by atoms with Crippen LogP contribution in [0.15, 0.2) is 18.3 Å². The van der Waals surface area contributed by atoms with Gasteiger partial charge in [0, 0.05) is 25.6 Å². The van der Waals surface area contributed by atoms with Crippen LogP contribution in [0.2, 0.25) is 0 Å². The van der Waals surface area contributed by atoms with Gasteiger partial charge in [0.25, 0.3) is 0 Å². The number of nitrogens with zero attached hydrogens (tertiary/aromatic N) is 3. The van der Waals surface area contributed by atoms with Crippen LogP contribution in [0.1, 0.15) is 37.7 Å². The van der Waals surface area contributed by atoms with E-state index in [2.05, 4.69) is 40.9 Å². The maximum Gasteiger partial charge on any atom is 0.131 e. The first kappa shape index (κ1) is 12.0. The van der Waals surface area contributed by atoms with Crippen molar-refractivity contribution in [3.63, 3.8) is 0 Å². The van der Waals surface area contributed by atoms with E-state index in [1.54, 1.807) is 0 Å². The zero-order valence-electron chi connectivity index (χ0n) is 10.6. The molecule has 0 bridgehead atoms. The van der Waals surface area contributed by atoms with E-state index in [-0.39, 0.29) is 0 Å². The van der Waals surface area contributed by atoms with Gasteiger partial charge < -0.3 is 10.6 Å². The van der Waals surface area contributed by atoms with Crippen LogP contribution in [-0.4, -0.2) is 23.1 Å². The summed E-state index contributed by atoms with van der Waals surface area (Å²) in [4.78, 5) is 11.3. The summed E-state index contributed by atoms with van der Waals surface area (Å²) in [6.45, 7) is 6.61. The zero-order chi connectivity index (χ0) is 12.3. The zero-order valence-corrected chi connectivity index (χ0v) is 10.6. The van der Waals surface area contributed by atoms with Crippen LogP contribution in [0.3, 0.4) is 0 Å². The van der Waals surface area contributed by atoms with Crippen molar-refractivity contribution >= 4 is 5.69 Å². The number of aromatic nitrogens is 2. The Hall–Kier alpha value is -1.42. The van der Waals surface area contributed by atoms with Crippen molar-refractivity contribution in [3.05, 3.63) is 29.9 Å². The maximum absolute atomic E-state index is 5.79. The van der Waals surface area contributed by atoms with Crippen molar-refractivity contribution in [1.82, 2.24) is 9.97 Å². The maximum atomic E-state index is 5.79. The van der Waals surface area contributed by atoms with Crippen LogP contribution < -0.4 is 10.6 Å². The Kier molecular flexibility index (Phi) is 3.74. The van der Waals surface area contributed by atoms with E-state index < -0.39 is 0 Å². The Balaban J connectivity index is 2.30. The van der Waals surface area contributed by atoms with E-state index in [4.69, 9.17) is 5.73 Å². The minimum atomic E-state index is 0.343. The van der Waals surface area contributed by atoms with Crippen LogP contribution in [-0.2, 0) is 6.54 Å². The summed E-state index contributed by atoms with van der Waals surface area (Å²) in [5.41, 5.74) is 7.83. The Morgan fingerprint density at radius 1 is 1.41 bits per heavy atom. The van der Waals surface area contributed by atoms with Crippen molar-refractivity contribution in [2.75, 3.05) is 18.0 Å². The van der Waals surface area contributed by atoms with Crippen LogP contribution in [0, 0.1) is 0 Å². The largest absolute Gasteiger partial charge is 0.365 e. The third kappa shape index (κ3) is 2.64. The van der Waals surface area contributed by atoms with Gasteiger partial charge in [0.2, 0.25) is 0 Å². The fraction of sp³-hybridized carbons (Fsp3) is 0.538. The lowest BCUT2D eigenvalue weighted by atomic mass is 10.2. The van der Waals surface area contributed by atoms with E-state index in [1.807, 2.05) is 6.20 Å². The molecule has 1 aliphatic heterocycles. The molecule has 4 heteroatoms. The molecule has 1 aliphatic rings. The number of anilines is 1. The van der Waals surface area contributed by atoms with Crippen LogP contribution in [0.25, 0.3) is 0 Å². The molecule has 1 aromatic rings. The third-order valence-electron chi connectivity index (χ3n) is 2.97. The molecule has 0 spiro atoms. The average molecular weight is 232 g/mol. The molecule has 0 saturated carbocycles. The molecule has 2 heterocycles. The van der Waals surface area contributed by atoms with Crippen LogP contribution in [0.5, 0.6) is 0 Å². The van der Waals surface area contributed by atoms with E-state index >= 15 is 0 Å². The van der Waals surface area contributed by atoms with Crippen molar-refractivity contribution < 1.29 is 0 Å². The molecule has 0 saturated heterocycles. The molecule has 0 fully saturated rings. The first-order chi connectivity index (χ1) is 8.22. The summed E-state index contributed by atoms with van der Waals surface area (Å²) < 4.78 is 0. The number of nitrogens with two attached hydrogens (primary N) is 1. The standard InChI is InChI=1S/C13H20N4/c1-10(2)13-15-9-12(11(8-14)16-13)17-6-4-3-5-7-17/h3-4,9-10H,5-8,14H2,1-2H3. The Labute approximate surface area is 103 Å². The normalized spacial score (nSPS) is 15.6. The summed E-state index contributed by atoms with van der Waals surface area (Å²) in [5, 5.41) is 0. The first-order valence-electron chi connectivity index (χ1n) is 6.18. The molecule has 0 aromatic carbocycles. The van der Waals surface area contributed by atoms with Crippen LogP contribution >= 0.6 is 0 Å². The predicted molar refractivity (Wildman–Crippen MR) is 70.0 cm³/mol. The summed E-state index contributed by atoms with van der Waals surface area (Å²) in [6, 6.07) is 0. The van der Waals surface area contributed by atoms with Gasteiger partial charge in [-0.3, -0.25) is 0 Å². The van der Waals surface area contributed by atoms with Crippen molar-refractivity contribution in [2.45, 2.75) is 32.7 Å². The molecular formula is C13H20N4. The molecule has 4 nitrogen and oxygen atoms in total. The second-order valence-corrected chi connectivity index (χ2v) is 4.63. The molecule has 0 atom stereocenters. The Morgan fingerprint density at radius 2 is 2.24 bits per heavy atom. The number of hydrogen-bond acceptors (Lipinski definition) is 4. The molecule has 0 amide bonds. The predicted octanol–water partition coefficient (Wildman–Crippen LogP) is 1.82. The monoisotopic (exact) mass is 232 g/mol. The molecule has 0 unspecified atom stereocenters. The summed E-state index contributed by atoms with van der Waals surface area (Å²) >= 11 is 0. The van der Waals surface area contributed by atoms with Gasteiger partial charge in [-0.15, -0.1) is 0 Å². The minimum absolute atomic E-state index is 0.343. The van der Waals surface area contributed by atoms with E-state index in [9.17, 15) is 0 Å². The highest BCUT2D eigenvalue weighted by molar-refractivity contribution is 5.50. The minimum Gasteiger partial charge on any atom is -0.365 e. The van der Waals surface area contributed by atoms with Gasteiger partial charge in [0.15, 0.2) is 0 Å². The van der Waals surface area contributed by atoms with Gasteiger partial charge >= 0.3 is 0 Å². The molecule has 2 rings (SSSR count). The van der Waals surface area contributed by atoms with Gasteiger partial charge in [-0.05, 0) is 6.42 Å². The highest BCUT2D eigenvalue weighted by Crippen LogP contribution is 2.21. The van der Waals surface area contributed by atoms with Gasteiger partial charge in [-0.1, -0.05) is 26.0 Å². The highest BCUT2D eigenvalue weighted by atomic mass is 15.2.